The van der Waals surface area contributed by atoms with Gasteiger partial charge in [-0.1, -0.05) is 35.9 Å². The number of amides is 2. The zero-order valence-electron chi connectivity index (χ0n) is 21.5. The molecule has 0 spiro atoms. The summed E-state index contributed by atoms with van der Waals surface area (Å²) in [6.45, 7) is 4.35. The Hall–Kier alpha value is -3.53. The minimum atomic E-state index is -0.655. The summed E-state index contributed by atoms with van der Waals surface area (Å²) in [5, 5.41) is 3.41. The van der Waals surface area contributed by atoms with Gasteiger partial charge in [0.05, 0.1) is 24.9 Å². The SMILES string of the molecule is CCOC(=O)c1cccc(NC(=O)N2CCN(C[C@@H](OCc3c(F)cccc3F)c3ccc(Cl)cc3)CC2)c1. The monoisotopic (exact) mass is 557 g/mol. The molecule has 0 radical (unpaired) electrons. The van der Waals surface area contributed by atoms with Crippen molar-refractivity contribution in [2.24, 2.45) is 0 Å². The zero-order valence-corrected chi connectivity index (χ0v) is 22.3. The predicted octanol–water partition coefficient (Wildman–Crippen LogP) is 5.90. The number of halogens is 3. The van der Waals surface area contributed by atoms with Gasteiger partial charge >= 0.3 is 12.0 Å². The van der Waals surface area contributed by atoms with Crippen LogP contribution in [0, 0.1) is 11.6 Å². The third-order valence-corrected chi connectivity index (χ3v) is 6.69. The highest BCUT2D eigenvalue weighted by molar-refractivity contribution is 6.30. The van der Waals surface area contributed by atoms with Crippen molar-refractivity contribution in [3.8, 4) is 0 Å². The number of nitrogens with zero attached hydrogens (tertiary/aromatic N) is 2. The summed E-state index contributed by atoms with van der Waals surface area (Å²) in [5.74, 6) is -1.76. The van der Waals surface area contributed by atoms with Crippen molar-refractivity contribution in [3.63, 3.8) is 0 Å². The third kappa shape index (κ3) is 7.75. The highest BCUT2D eigenvalue weighted by Crippen LogP contribution is 2.25. The van der Waals surface area contributed by atoms with E-state index in [-0.39, 0.29) is 24.8 Å². The van der Waals surface area contributed by atoms with E-state index in [9.17, 15) is 18.4 Å². The lowest BCUT2D eigenvalue weighted by Gasteiger charge is -2.36. The summed E-state index contributed by atoms with van der Waals surface area (Å²) >= 11 is 6.05. The number of anilines is 1. The fourth-order valence-electron chi connectivity index (χ4n) is 4.29. The average molecular weight is 558 g/mol. The standard InChI is InChI=1S/C29H30ClF2N3O4/c1-2-38-28(36)21-5-3-6-23(17-21)33-29(37)35-15-13-34(14-16-35)18-27(20-9-11-22(30)12-10-20)39-19-24-25(31)7-4-8-26(24)32/h3-12,17,27H,2,13-16,18-19H2,1H3,(H,33,37)/t27-/m1/s1. The molecule has 0 aromatic heterocycles. The lowest BCUT2D eigenvalue weighted by molar-refractivity contribution is 0.00376. The summed E-state index contributed by atoms with van der Waals surface area (Å²) in [6, 6.07) is 17.2. The van der Waals surface area contributed by atoms with E-state index in [2.05, 4.69) is 10.2 Å². The molecule has 10 heteroatoms. The number of urea groups is 1. The quantitative estimate of drug-likeness (QED) is 0.332. The van der Waals surface area contributed by atoms with Gasteiger partial charge in [-0.25, -0.2) is 18.4 Å². The number of hydrogen-bond acceptors (Lipinski definition) is 5. The molecule has 1 heterocycles. The topological polar surface area (TPSA) is 71.1 Å². The fourth-order valence-corrected chi connectivity index (χ4v) is 4.42. The van der Waals surface area contributed by atoms with E-state index in [0.717, 1.165) is 5.56 Å². The molecule has 4 rings (SSSR count). The first-order valence-electron chi connectivity index (χ1n) is 12.7. The van der Waals surface area contributed by atoms with Crippen molar-refractivity contribution < 1.29 is 27.8 Å². The molecule has 0 aliphatic carbocycles. The maximum atomic E-state index is 14.2. The maximum Gasteiger partial charge on any atom is 0.338 e. The lowest BCUT2D eigenvalue weighted by Crippen LogP contribution is -2.50. The van der Waals surface area contributed by atoms with E-state index in [1.807, 2.05) is 12.1 Å². The normalized spacial score (nSPS) is 14.6. The van der Waals surface area contributed by atoms with Crippen LogP contribution in [0.2, 0.25) is 5.02 Å². The van der Waals surface area contributed by atoms with Crippen LogP contribution in [0.25, 0.3) is 0 Å². The Morgan fingerprint density at radius 2 is 1.64 bits per heavy atom. The number of rotatable bonds is 9. The van der Waals surface area contributed by atoms with Crippen molar-refractivity contribution >= 4 is 29.3 Å². The highest BCUT2D eigenvalue weighted by Gasteiger charge is 2.25. The summed E-state index contributed by atoms with van der Waals surface area (Å²) < 4.78 is 39.4. The third-order valence-electron chi connectivity index (χ3n) is 6.44. The largest absolute Gasteiger partial charge is 0.462 e. The van der Waals surface area contributed by atoms with E-state index < -0.39 is 23.7 Å². The average Bonchev–Trinajstić information content (AvgIpc) is 2.93. The van der Waals surface area contributed by atoms with Crippen LogP contribution in [-0.4, -0.2) is 61.1 Å². The molecule has 1 atom stereocenters. The van der Waals surface area contributed by atoms with Crippen molar-refractivity contribution in [2.45, 2.75) is 19.6 Å². The van der Waals surface area contributed by atoms with E-state index in [1.54, 1.807) is 48.2 Å². The van der Waals surface area contributed by atoms with Gasteiger partial charge in [-0.2, -0.15) is 0 Å². The molecule has 3 aromatic rings. The van der Waals surface area contributed by atoms with Gasteiger partial charge in [0.15, 0.2) is 0 Å². The molecule has 0 unspecified atom stereocenters. The second-order valence-electron chi connectivity index (χ2n) is 9.07. The number of nitrogens with one attached hydrogen (secondary N) is 1. The van der Waals surface area contributed by atoms with Crippen molar-refractivity contribution in [3.05, 3.63) is 100 Å². The molecule has 0 bridgehead atoms. The van der Waals surface area contributed by atoms with Gasteiger partial charge in [0, 0.05) is 49.0 Å². The second kappa shape index (κ2) is 13.5. The summed E-state index contributed by atoms with van der Waals surface area (Å²) in [4.78, 5) is 28.7. The van der Waals surface area contributed by atoms with Crippen molar-refractivity contribution in [1.82, 2.24) is 9.80 Å². The molecule has 0 saturated carbocycles. The molecular weight excluding hydrogens is 528 g/mol. The Balaban J connectivity index is 1.35. The van der Waals surface area contributed by atoms with Crippen molar-refractivity contribution in [1.29, 1.82) is 0 Å². The second-order valence-corrected chi connectivity index (χ2v) is 9.51. The van der Waals surface area contributed by atoms with Gasteiger partial charge in [0.2, 0.25) is 0 Å². The van der Waals surface area contributed by atoms with Crippen LogP contribution in [0.5, 0.6) is 0 Å². The van der Waals surface area contributed by atoms with Gasteiger partial charge in [0.1, 0.15) is 11.6 Å². The van der Waals surface area contributed by atoms with E-state index in [0.29, 0.717) is 49.0 Å². The molecule has 1 aliphatic rings. The van der Waals surface area contributed by atoms with Crippen LogP contribution in [-0.2, 0) is 16.1 Å². The molecule has 3 aromatic carbocycles. The van der Waals surface area contributed by atoms with Gasteiger partial charge in [-0.05, 0) is 55.0 Å². The highest BCUT2D eigenvalue weighted by atomic mass is 35.5. The molecule has 2 amide bonds. The number of ether oxygens (including phenoxy) is 2. The van der Waals surface area contributed by atoms with Crippen LogP contribution in [0.4, 0.5) is 19.3 Å². The van der Waals surface area contributed by atoms with Crippen molar-refractivity contribution in [2.75, 3.05) is 44.6 Å². The summed E-state index contributed by atoms with van der Waals surface area (Å²) in [6.07, 6.45) is -0.465. The van der Waals surface area contributed by atoms with Crippen LogP contribution in [0.1, 0.15) is 34.5 Å². The molecular formula is C29H30ClF2N3O4. The maximum absolute atomic E-state index is 14.2. The Bertz CT molecular complexity index is 1260. The number of hydrogen-bond donors (Lipinski definition) is 1. The minimum Gasteiger partial charge on any atom is -0.462 e. The molecule has 1 aliphatic heterocycles. The van der Waals surface area contributed by atoms with Crippen LogP contribution >= 0.6 is 11.6 Å². The van der Waals surface area contributed by atoms with Crippen LogP contribution in [0.15, 0.2) is 66.7 Å². The van der Waals surface area contributed by atoms with E-state index >= 15 is 0 Å². The number of carbonyl (C=O) groups is 2. The number of esters is 1. The zero-order chi connectivity index (χ0) is 27.8. The number of piperazine rings is 1. The Morgan fingerprint density at radius 1 is 0.974 bits per heavy atom. The summed E-state index contributed by atoms with van der Waals surface area (Å²) in [7, 11) is 0. The van der Waals surface area contributed by atoms with Gasteiger partial charge in [-0.15, -0.1) is 0 Å². The van der Waals surface area contributed by atoms with Crippen LogP contribution in [0.3, 0.4) is 0 Å². The summed E-state index contributed by atoms with van der Waals surface area (Å²) in [5.41, 5.74) is 1.58. The first-order chi connectivity index (χ1) is 18.8. The fraction of sp³-hybridized carbons (Fsp3) is 0.310. The molecule has 206 valence electrons. The number of benzene rings is 3. The Labute approximate surface area is 231 Å². The minimum absolute atomic E-state index is 0.120. The van der Waals surface area contributed by atoms with Gasteiger partial charge in [-0.3, -0.25) is 4.90 Å². The first kappa shape index (κ1) is 28.5. The van der Waals surface area contributed by atoms with Gasteiger partial charge < -0.3 is 19.7 Å². The molecule has 1 fully saturated rings. The predicted molar refractivity (Wildman–Crippen MR) is 145 cm³/mol. The van der Waals surface area contributed by atoms with Crippen LogP contribution < -0.4 is 5.32 Å². The molecule has 1 saturated heterocycles. The Kier molecular flexibility index (Phi) is 9.86. The number of carbonyl (C=O) groups excluding carboxylic acids is 2. The van der Waals surface area contributed by atoms with E-state index in [4.69, 9.17) is 21.1 Å². The van der Waals surface area contributed by atoms with E-state index in [1.165, 1.54) is 18.2 Å². The Morgan fingerprint density at radius 3 is 2.31 bits per heavy atom. The molecule has 1 N–H and O–H groups in total. The lowest BCUT2D eigenvalue weighted by atomic mass is 10.1. The first-order valence-corrected chi connectivity index (χ1v) is 13.1. The molecule has 7 nitrogen and oxygen atoms in total. The van der Waals surface area contributed by atoms with Gasteiger partial charge in [0.25, 0.3) is 0 Å². The molecule has 39 heavy (non-hydrogen) atoms. The smallest absolute Gasteiger partial charge is 0.338 e.